The van der Waals surface area contributed by atoms with Gasteiger partial charge in [-0.05, 0) is 6.92 Å². The Morgan fingerprint density at radius 2 is 2.00 bits per heavy atom. The predicted molar refractivity (Wildman–Crippen MR) is 50.1 cm³/mol. The minimum Gasteiger partial charge on any atom is -0.410 e. The van der Waals surface area contributed by atoms with Crippen LogP contribution >= 0.6 is 0 Å². The average Bonchev–Trinajstić information content (AvgIpc) is 2.02. The molecular weight excluding hydrogens is 153 g/mol. The molecule has 1 fully saturated rings. The molecule has 0 aliphatic carbocycles. The van der Waals surface area contributed by atoms with Crippen molar-refractivity contribution in [1.82, 2.24) is 5.32 Å². The van der Waals surface area contributed by atoms with E-state index in [1.54, 1.807) is 0 Å². The lowest BCUT2D eigenvalue weighted by atomic mass is 9.84. The van der Waals surface area contributed by atoms with Crippen molar-refractivity contribution in [1.29, 1.82) is 0 Å². The summed E-state index contributed by atoms with van der Waals surface area (Å²) in [5.41, 5.74) is 0. The zero-order valence-corrected chi connectivity index (χ0v) is 7.58. The van der Waals surface area contributed by atoms with Crippen LogP contribution in [0.5, 0.6) is 0 Å². The first-order valence-electron chi connectivity index (χ1n) is 4.48. The van der Waals surface area contributed by atoms with E-state index in [-0.39, 0.29) is 7.12 Å². The third kappa shape index (κ3) is 3.90. The van der Waals surface area contributed by atoms with E-state index >= 15 is 0 Å². The molecule has 12 heavy (non-hydrogen) atoms. The van der Waals surface area contributed by atoms with Crippen LogP contribution in [0, 0.1) is 0 Å². The van der Waals surface area contributed by atoms with E-state index in [0.717, 1.165) is 32.6 Å². The Balaban J connectivity index is 2.20. The highest BCUT2D eigenvalue weighted by atomic mass is 16.6. The smallest absolute Gasteiger partial charge is 0.410 e. The van der Waals surface area contributed by atoms with Crippen molar-refractivity contribution in [3.05, 3.63) is 12.2 Å². The Labute approximate surface area is 74.3 Å². The van der Waals surface area contributed by atoms with E-state index in [1.165, 1.54) is 0 Å². The fourth-order valence-electron chi connectivity index (χ4n) is 1.08. The zero-order chi connectivity index (χ0) is 8.65. The lowest BCUT2D eigenvalue weighted by Gasteiger charge is -2.17. The molecule has 0 saturated carbocycles. The molecule has 1 aliphatic rings. The molecule has 0 aromatic heterocycles. The van der Waals surface area contributed by atoms with Gasteiger partial charge in [0.1, 0.15) is 0 Å². The SMILES string of the molecule is C/C=C\CB1OCCNCCO1. The van der Waals surface area contributed by atoms with Gasteiger partial charge in [0.05, 0.1) is 0 Å². The predicted octanol–water partition coefficient (Wildman–Crippen LogP) is 0.687. The minimum absolute atomic E-state index is 0.0386. The fourth-order valence-corrected chi connectivity index (χ4v) is 1.08. The zero-order valence-electron chi connectivity index (χ0n) is 7.58. The quantitative estimate of drug-likeness (QED) is 0.487. The van der Waals surface area contributed by atoms with Crippen LogP contribution < -0.4 is 5.32 Å². The van der Waals surface area contributed by atoms with Gasteiger partial charge in [-0.15, -0.1) is 0 Å². The van der Waals surface area contributed by atoms with Crippen molar-refractivity contribution in [2.24, 2.45) is 0 Å². The molecule has 0 amide bonds. The second kappa shape index (κ2) is 6.23. The lowest BCUT2D eigenvalue weighted by molar-refractivity contribution is 0.179. The van der Waals surface area contributed by atoms with Crippen molar-refractivity contribution in [2.45, 2.75) is 13.2 Å². The summed E-state index contributed by atoms with van der Waals surface area (Å²) < 4.78 is 10.9. The highest BCUT2D eigenvalue weighted by molar-refractivity contribution is 6.45. The summed E-state index contributed by atoms with van der Waals surface area (Å²) in [6.07, 6.45) is 4.94. The van der Waals surface area contributed by atoms with Gasteiger partial charge in [0.15, 0.2) is 0 Å². The molecule has 0 radical (unpaired) electrons. The van der Waals surface area contributed by atoms with Gasteiger partial charge in [-0.1, -0.05) is 12.2 Å². The van der Waals surface area contributed by atoms with Crippen molar-refractivity contribution in [3.63, 3.8) is 0 Å². The maximum absolute atomic E-state index is 5.45. The fraction of sp³-hybridized carbons (Fsp3) is 0.750. The molecule has 1 heterocycles. The largest absolute Gasteiger partial charge is 0.460 e. The molecule has 68 valence electrons. The Bertz CT molecular complexity index is 133. The molecular formula is C8H16BNO2. The maximum Gasteiger partial charge on any atom is 0.460 e. The molecule has 0 spiro atoms. The van der Waals surface area contributed by atoms with Gasteiger partial charge in [-0.25, -0.2) is 0 Å². The van der Waals surface area contributed by atoms with Crippen LogP contribution in [-0.4, -0.2) is 33.4 Å². The van der Waals surface area contributed by atoms with Gasteiger partial charge in [0.2, 0.25) is 0 Å². The first-order valence-corrected chi connectivity index (χ1v) is 4.48. The van der Waals surface area contributed by atoms with Gasteiger partial charge >= 0.3 is 7.12 Å². The standard InChI is InChI=1S/C8H16BNO2/c1-2-3-4-9-11-7-5-10-6-8-12-9/h2-3,10H,4-8H2,1H3/b3-2-. The molecule has 1 saturated heterocycles. The van der Waals surface area contributed by atoms with Crippen LogP contribution in [0.1, 0.15) is 6.92 Å². The molecule has 1 rings (SSSR count). The summed E-state index contributed by atoms with van der Waals surface area (Å²) >= 11 is 0. The molecule has 0 aromatic rings. The Morgan fingerprint density at radius 1 is 1.33 bits per heavy atom. The summed E-state index contributed by atoms with van der Waals surface area (Å²) in [5.74, 6) is 0. The molecule has 0 atom stereocenters. The Hall–Kier alpha value is -0.315. The summed E-state index contributed by atoms with van der Waals surface area (Å²) in [5, 5.41) is 3.20. The molecule has 3 nitrogen and oxygen atoms in total. The van der Waals surface area contributed by atoms with Gasteiger partial charge in [-0.2, -0.15) is 0 Å². The Morgan fingerprint density at radius 3 is 2.58 bits per heavy atom. The summed E-state index contributed by atoms with van der Waals surface area (Å²) in [6, 6.07) is 0. The van der Waals surface area contributed by atoms with Crippen molar-refractivity contribution in [2.75, 3.05) is 26.3 Å². The first-order chi connectivity index (χ1) is 5.93. The van der Waals surface area contributed by atoms with E-state index in [2.05, 4.69) is 11.4 Å². The van der Waals surface area contributed by atoms with Gasteiger partial charge in [0.25, 0.3) is 0 Å². The lowest BCUT2D eigenvalue weighted by Crippen LogP contribution is -2.35. The van der Waals surface area contributed by atoms with Gasteiger partial charge in [0, 0.05) is 32.6 Å². The number of hydrogen-bond acceptors (Lipinski definition) is 3. The molecule has 0 bridgehead atoms. The van der Waals surface area contributed by atoms with Crippen LogP contribution in [0.15, 0.2) is 12.2 Å². The first kappa shape index (κ1) is 9.77. The molecule has 4 heteroatoms. The summed E-state index contributed by atoms with van der Waals surface area (Å²) in [6.45, 7) is 5.33. The van der Waals surface area contributed by atoms with E-state index in [9.17, 15) is 0 Å². The van der Waals surface area contributed by atoms with E-state index in [4.69, 9.17) is 9.31 Å². The molecule has 1 N–H and O–H groups in total. The third-order valence-corrected chi connectivity index (χ3v) is 1.73. The van der Waals surface area contributed by atoms with Gasteiger partial charge in [-0.3, -0.25) is 0 Å². The number of rotatable bonds is 2. The van der Waals surface area contributed by atoms with E-state index in [0.29, 0.717) is 0 Å². The number of allylic oxidation sites excluding steroid dienone is 2. The molecule has 0 aromatic carbocycles. The van der Waals surface area contributed by atoms with Crippen LogP contribution in [0.3, 0.4) is 0 Å². The van der Waals surface area contributed by atoms with Crippen molar-refractivity contribution < 1.29 is 9.31 Å². The monoisotopic (exact) mass is 169 g/mol. The second-order valence-electron chi connectivity index (χ2n) is 2.73. The van der Waals surface area contributed by atoms with Crippen LogP contribution in [-0.2, 0) is 9.31 Å². The minimum atomic E-state index is -0.0386. The Kier molecular flexibility index (Phi) is 5.07. The van der Waals surface area contributed by atoms with Crippen molar-refractivity contribution >= 4 is 7.12 Å². The highest BCUT2D eigenvalue weighted by Gasteiger charge is 2.16. The summed E-state index contributed by atoms with van der Waals surface area (Å²) in [4.78, 5) is 0. The van der Waals surface area contributed by atoms with Crippen LogP contribution in [0.25, 0.3) is 0 Å². The van der Waals surface area contributed by atoms with E-state index < -0.39 is 0 Å². The average molecular weight is 169 g/mol. The topological polar surface area (TPSA) is 30.5 Å². The van der Waals surface area contributed by atoms with Crippen LogP contribution in [0.4, 0.5) is 0 Å². The van der Waals surface area contributed by atoms with Crippen LogP contribution in [0.2, 0.25) is 6.32 Å². The number of hydrogen-bond donors (Lipinski definition) is 1. The third-order valence-electron chi connectivity index (χ3n) is 1.73. The molecule has 1 aliphatic heterocycles. The second-order valence-corrected chi connectivity index (χ2v) is 2.73. The van der Waals surface area contributed by atoms with Gasteiger partial charge < -0.3 is 14.6 Å². The highest BCUT2D eigenvalue weighted by Crippen LogP contribution is 1.99. The normalized spacial score (nSPS) is 20.9. The maximum atomic E-state index is 5.45. The summed E-state index contributed by atoms with van der Waals surface area (Å²) in [7, 11) is -0.0386. The number of nitrogens with one attached hydrogen (secondary N) is 1. The molecule has 0 unspecified atom stereocenters. The van der Waals surface area contributed by atoms with E-state index in [1.807, 2.05) is 13.0 Å². The van der Waals surface area contributed by atoms with Crippen molar-refractivity contribution in [3.8, 4) is 0 Å².